The predicted octanol–water partition coefficient (Wildman–Crippen LogP) is 3.69. The molecule has 0 saturated heterocycles. The third-order valence-corrected chi connectivity index (χ3v) is 3.81. The van der Waals surface area contributed by atoms with Crippen molar-refractivity contribution < 1.29 is 14.0 Å². The van der Waals surface area contributed by atoms with Gasteiger partial charge in [-0.3, -0.25) is 4.79 Å². The second-order valence-electron chi connectivity index (χ2n) is 5.47. The Labute approximate surface area is 146 Å². The third-order valence-electron chi connectivity index (χ3n) is 3.48. The number of carbonyl (C=O) groups is 2. The quantitative estimate of drug-likeness (QED) is 0.895. The minimum Gasteiger partial charge on any atom is -0.472 e. The number of nitrogens with one attached hydrogen (secondary N) is 1. The van der Waals surface area contributed by atoms with E-state index < -0.39 is 0 Å². The number of amides is 3. The molecule has 0 atom stereocenters. The minimum atomic E-state index is -0.276. The molecule has 0 fully saturated rings. The average molecular weight is 350 g/mol. The molecule has 128 valence electrons. The molecule has 7 heteroatoms. The Kier molecular flexibility index (Phi) is 5.87. The van der Waals surface area contributed by atoms with E-state index in [1.165, 1.54) is 4.90 Å². The SMILES string of the molecule is CCN(Cc1ccoc1)C(=O)c1cc(NC(=O)N(C)C)ccc1Cl. The van der Waals surface area contributed by atoms with E-state index in [9.17, 15) is 9.59 Å². The molecule has 0 bridgehead atoms. The van der Waals surface area contributed by atoms with Crippen molar-refractivity contribution >= 4 is 29.2 Å². The van der Waals surface area contributed by atoms with Crippen LogP contribution in [-0.4, -0.2) is 42.4 Å². The monoisotopic (exact) mass is 349 g/mol. The van der Waals surface area contributed by atoms with Gasteiger partial charge in [0.2, 0.25) is 0 Å². The Morgan fingerprint density at radius 1 is 1.25 bits per heavy atom. The molecule has 2 rings (SSSR count). The summed E-state index contributed by atoms with van der Waals surface area (Å²) >= 11 is 6.18. The van der Waals surface area contributed by atoms with Crippen LogP contribution >= 0.6 is 11.6 Å². The van der Waals surface area contributed by atoms with E-state index in [2.05, 4.69) is 5.32 Å². The van der Waals surface area contributed by atoms with Gasteiger partial charge in [0.05, 0.1) is 23.1 Å². The number of hydrogen-bond acceptors (Lipinski definition) is 3. The number of rotatable bonds is 5. The number of carbonyl (C=O) groups excluding carboxylic acids is 2. The van der Waals surface area contributed by atoms with Gasteiger partial charge in [-0.05, 0) is 31.2 Å². The first kappa shape index (κ1) is 17.9. The van der Waals surface area contributed by atoms with Crippen LogP contribution in [0.3, 0.4) is 0 Å². The van der Waals surface area contributed by atoms with Crippen molar-refractivity contribution in [2.45, 2.75) is 13.5 Å². The smallest absolute Gasteiger partial charge is 0.321 e. The van der Waals surface area contributed by atoms with E-state index in [1.54, 1.807) is 49.7 Å². The van der Waals surface area contributed by atoms with E-state index in [1.807, 2.05) is 13.0 Å². The maximum Gasteiger partial charge on any atom is 0.321 e. The van der Waals surface area contributed by atoms with Gasteiger partial charge in [-0.2, -0.15) is 0 Å². The van der Waals surface area contributed by atoms with Gasteiger partial charge >= 0.3 is 6.03 Å². The summed E-state index contributed by atoms with van der Waals surface area (Å²) in [6.45, 7) is 2.84. The van der Waals surface area contributed by atoms with Crippen LogP contribution in [0.5, 0.6) is 0 Å². The van der Waals surface area contributed by atoms with Crippen LogP contribution in [-0.2, 0) is 6.54 Å². The number of furan rings is 1. The molecular weight excluding hydrogens is 330 g/mol. The fourth-order valence-electron chi connectivity index (χ4n) is 2.10. The Bertz CT molecular complexity index is 714. The highest BCUT2D eigenvalue weighted by atomic mass is 35.5. The van der Waals surface area contributed by atoms with Crippen molar-refractivity contribution in [2.75, 3.05) is 26.0 Å². The summed E-state index contributed by atoms with van der Waals surface area (Å²) in [5.74, 6) is -0.204. The van der Waals surface area contributed by atoms with Crippen molar-refractivity contribution in [1.82, 2.24) is 9.80 Å². The lowest BCUT2D eigenvalue weighted by Crippen LogP contribution is -2.31. The van der Waals surface area contributed by atoms with Crippen LogP contribution in [0.15, 0.2) is 41.2 Å². The molecule has 1 aromatic heterocycles. The number of urea groups is 1. The molecule has 1 aromatic carbocycles. The first-order chi connectivity index (χ1) is 11.4. The second kappa shape index (κ2) is 7.88. The summed E-state index contributed by atoms with van der Waals surface area (Å²) in [5.41, 5.74) is 1.76. The lowest BCUT2D eigenvalue weighted by Gasteiger charge is -2.21. The molecule has 0 aliphatic heterocycles. The maximum atomic E-state index is 12.8. The van der Waals surface area contributed by atoms with Crippen LogP contribution < -0.4 is 5.32 Å². The van der Waals surface area contributed by atoms with E-state index in [0.717, 1.165) is 5.56 Å². The molecule has 0 unspecified atom stereocenters. The summed E-state index contributed by atoms with van der Waals surface area (Å²) in [6.07, 6.45) is 3.17. The number of nitrogens with zero attached hydrogens (tertiary/aromatic N) is 2. The highest BCUT2D eigenvalue weighted by molar-refractivity contribution is 6.34. The standard InChI is InChI=1S/C17H20ClN3O3/c1-4-21(10-12-7-8-24-11-12)16(22)14-9-13(5-6-15(14)18)19-17(23)20(2)3/h5-9,11H,4,10H2,1-3H3,(H,19,23). The summed E-state index contributed by atoms with van der Waals surface area (Å²) < 4.78 is 5.04. The minimum absolute atomic E-state index is 0.204. The zero-order valence-corrected chi connectivity index (χ0v) is 14.6. The fraction of sp³-hybridized carbons (Fsp3) is 0.294. The van der Waals surface area contributed by atoms with E-state index >= 15 is 0 Å². The molecule has 3 amide bonds. The second-order valence-corrected chi connectivity index (χ2v) is 5.88. The van der Waals surface area contributed by atoms with Gasteiger partial charge in [-0.1, -0.05) is 11.6 Å². The van der Waals surface area contributed by atoms with Gasteiger partial charge in [-0.25, -0.2) is 4.79 Å². The zero-order valence-electron chi connectivity index (χ0n) is 13.9. The van der Waals surface area contributed by atoms with Crippen molar-refractivity contribution in [1.29, 1.82) is 0 Å². The number of hydrogen-bond donors (Lipinski definition) is 1. The molecular formula is C17H20ClN3O3. The first-order valence-electron chi connectivity index (χ1n) is 7.50. The van der Waals surface area contributed by atoms with Crippen molar-refractivity contribution in [2.24, 2.45) is 0 Å². The van der Waals surface area contributed by atoms with Crippen molar-refractivity contribution in [3.8, 4) is 0 Å². The van der Waals surface area contributed by atoms with Crippen molar-refractivity contribution in [3.05, 3.63) is 52.9 Å². The topological polar surface area (TPSA) is 65.8 Å². The van der Waals surface area contributed by atoms with E-state index in [0.29, 0.717) is 29.4 Å². The van der Waals surface area contributed by atoms with Crippen LogP contribution in [0.25, 0.3) is 0 Å². The Balaban J connectivity index is 2.22. The van der Waals surface area contributed by atoms with Gasteiger partial charge in [0.15, 0.2) is 0 Å². The summed E-state index contributed by atoms with van der Waals surface area (Å²) in [7, 11) is 3.28. The summed E-state index contributed by atoms with van der Waals surface area (Å²) in [5, 5.41) is 3.05. The average Bonchev–Trinajstić information content (AvgIpc) is 3.06. The lowest BCUT2D eigenvalue weighted by atomic mass is 10.1. The Morgan fingerprint density at radius 2 is 2.00 bits per heavy atom. The van der Waals surface area contributed by atoms with Gasteiger partial charge in [0.25, 0.3) is 5.91 Å². The number of anilines is 1. The Morgan fingerprint density at radius 3 is 2.58 bits per heavy atom. The molecule has 24 heavy (non-hydrogen) atoms. The Hall–Kier alpha value is -2.47. The highest BCUT2D eigenvalue weighted by Gasteiger charge is 2.19. The van der Waals surface area contributed by atoms with Crippen LogP contribution in [0.1, 0.15) is 22.8 Å². The molecule has 1 heterocycles. The number of benzene rings is 1. The van der Waals surface area contributed by atoms with E-state index in [4.69, 9.17) is 16.0 Å². The molecule has 0 radical (unpaired) electrons. The van der Waals surface area contributed by atoms with Gasteiger partial charge in [-0.15, -0.1) is 0 Å². The molecule has 0 spiro atoms. The van der Waals surface area contributed by atoms with Crippen LogP contribution in [0.4, 0.5) is 10.5 Å². The predicted molar refractivity (Wildman–Crippen MR) is 93.3 cm³/mol. The zero-order chi connectivity index (χ0) is 17.7. The fourth-order valence-corrected chi connectivity index (χ4v) is 2.30. The molecule has 2 aromatic rings. The molecule has 6 nitrogen and oxygen atoms in total. The lowest BCUT2D eigenvalue weighted by molar-refractivity contribution is 0.0752. The van der Waals surface area contributed by atoms with Gasteiger partial charge < -0.3 is 19.5 Å². The van der Waals surface area contributed by atoms with Crippen LogP contribution in [0, 0.1) is 0 Å². The normalized spacial score (nSPS) is 10.3. The van der Waals surface area contributed by atoms with Gasteiger partial charge in [0, 0.05) is 38.4 Å². The molecule has 0 aliphatic rings. The molecule has 1 N–H and O–H groups in total. The number of halogens is 1. The summed E-state index contributed by atoms with van der Waals surface area (Å²) in [4.78, 5) is 27.6. The largest absolute Gasteiger partial charge is 0.472 e. The van der Waals surface area contributed by atoms with Gasteiger partial charge in [0.1, 0.15) is 0 Å². The highest BCUT2D eigenvalue weighted by Crippen LogP contribution is 2.23. The summed E-state index contributed by atoms with van der Waals surface area (Å²) in [6, 6.07) is 6.38. The molecule has 0 aliphatic carbocycles. The molecule has 0 saturated carbocycles. The first-order valence-corrected chi connectivity index (χ1v) is 7.88. The van der Waals surface area contributed by atoms with Crippen LogP contribution in [0.2, 0.25) is 5.02 Å². The van der Waals surface area contributed by atoms with E-state index in [-0.39, 0.29) is 11.9 Å². The van der Waals surface area contributed by atoms with Crippen molar-refractivity contribution in [3.63, 3.8) is 0 Å². The third kappa shape index (κ3) is 4.29. The maximum absolute atomic E-state index is 12.8.